The Labute approximate surface area is 353 Å². The summed E-state index contributed by atoms with van der Waals surface area (Å²) in [5.74, 6) is 1.76. The van der Waals surface area contributed by atoms with Crippen molar-refractivity contribution in [3.8, 4) is 56.0 Å². The number of fused-ring (bicyclic) bond motifs is 2. The lowest BCUT2D eigenvalue weighted by atomic mass is 9.93. The van der Waals surface area contributed by atoms with Crippen LogP contribution in [-0.4, -0.2) is 11.0 Å². The Kier molecular flexibility index (Phi) is 9.25. The van der Waals surface area contributed by atoms with Crippen LogP contribution in [0, 0.1) is 19.8 Å². The van der Waals surface area contributed by atoms with Crippen molar-refractivity contribution in [2.45, 2.75) is 47.1 Å². The van der Waals surface area contributed by atoms with Crippen LogP contribution in [0.1, 0.15) is 38.6 Å². The van der Waals surface area contributed by atoms with E-state index in [2.05, 4.69) is 207 Å². The lowest BCUT2D eigenvalue weighted by Crippen LogP contribution is -2.61. The molecule has 0 saturated carbocycles. The summed E-state index contributed by atoms with van der Waals surface area (Å²) in [5, 5.41) is 0. The van der Waals surface area contributed by atoms with E-state index in [0.29, 0.717) is 5.92 Å². The molecule has 7 aromatic rings. The number of nitrogens with zero attached hydrogens (tertiary/aromatic N) is 3. The number of aromatic nitrogens is 1. The van der Waals surface area contributed by atoms with E-state index >= 15 is 0 Å². The summed E-state index contributed by atoms with van der Waals surface area (Å²) in [7, 11) is 0. The molecule has 3 heterocycles. The third kappa shape index (κ3) is 6.38. The van der Waals surface area contributed by atoms with Crippen LogP contribution in [0.25, 0.3) is 44.5 Å². The minimum absolute atomic E-state index is 0.309. The predicted octanol–water partition coefficient (Wildman–Crippen LogP) is 14.2. The maximum atomic E-state index is 7.58. The van der Waals surface area contributed by atoms with E-state index in [4.69, 9.17) is 14.5 Å². The zero-order valence-electron chi connectivity index (χ0n) is 34.7. The van der Waals surface area contributed by atoms with Crippen LogP contribution in [0.2, 0.25) is 0 Å². The van der Waals surface area contributed by atoms with Crippen molar-refractivity contribution in [2.75, 3.05) is 9.80 Å². The van der Waals surface area contributed by atoms with E-state index in [1.54, 1.807) is 0 Å². The first-order valence-electron chi connectivity index (χ1n) is 20.9. The lowest BCUT2D eigenvalue weighted by molar-refractivity contribution is -0.0743. The quantitative estimate of drug-likeness (QED) is 0.161. The Balaban J connectivity index is 1.29. The van der Waals surface area contributed by atoms with Gasteiger partial charge in [0.2, 0.25) is 0 Å². The summed E-state index contributed by atoms with van der Waals surface area (Å²) < 4.78 is 15.2. The Hall–Kier alpha value is -7.11. The Morgan fingerprint density at radius 3 is 1.37 bits per heavy atom. The van der Waals surface area contributed by atoms with Crippen molar-refractivity contribution in [3.05, 3.63) is 204 Å². The van der Waals surface area contributed by atoms with E-state index in [-0.39, 0.29) is 0 Å². The number of benzene rings is 6. The minimum atomic E-state index is -1.51. The van der Waals surface area contributed by atoms with Crippen molar-refractivity contribution < 1.29 is 9.47 Å². The molecule has 0 radical (unpaired) electrons. The molecule has 5 heteroatoms. The Bertz CT molecular complexity index is 2820. The van der Waals surface area contributed by atoms with Crippen molar-refractivity contribution >= 4 is 17.1 Å². The van der Waals surface area contributed by atoms with Crippen LogP contribution in [-0.2, 0) is 0 Å². The number of anilines is 3. The van der Waals surface area contributed by atoms with Gasteiger partial charge in [-0.15, -0.1) is 0 Å². The maximum Gasteiger partial charge on any atom is 0.444 e. The second-order valence-corrected chi connectivity index (χ2v) is 16.1. The molecule has 10 rings (SSSR count). The topological polar surface area (TPSA) is 37.8 Å². The number of aryl methyl sites for hydroxylation is 2. The number of ether oxygens (including phenoxy) is 2. The molecule has 2 atom stereocenters. The smallest absolute Gasteiger partial charge is 0.415 e. The molecule has 0 saturated heterocycles. The van der Waals surface area contributed by atoms with E-state index in [1.165, 1.54) is 11.1 Å². The van der Waals surface area contributed by atoms with Crippen LogP contribution in [0.15, 0.2) is 193 Å². The highest BCUT2D eigenvalue weighted by Crippen LogP contribution is 2.59. The molecule has 0 fully saturated rings. The molecule has 6 aromatic carbocycles. The molecular weight excluding hydrogens is 735 g/mol. The fourth-order valence-corrected chi connectivity index (χ4v) is 9.20. The fraction of sp³-hybridized carbons (Fsp3) is 0.145. The summed E-state index contributed by atoms with van der Waals surface area (Å²) in [4.78, 5) is 9.37. The predicted molar refractivity (Wildman–Crippen MR) is 246 cm³/mol. The fourth-order valence-electron chi connectivity index (χ4n) is 9.20. The summed E-state index contributed by atoms with van der Waals surface area (Å²) in [5.41, 5.74) is 16.8. The van der Waals surface area contributed by atoms with E-state index < -0.39 is 6.03 Å². The highest BCUT2D eigenvalue weighted by molar-refractivity contribution is 5.94. The lowest BCUT2D eigenvalue weighted by Gasteiger charge is -2.40. The third-order valence-corrected chi connectivity index (χ3v) is 11.9. The SMILES string of the molecule is CCC1C=C(C)C=C(N2c3cc(-c4ccccc4)c(-c4ccccc4)cc3OC23Oc2cc(-c4ccccc4)c(-c4ccccc4)cc2N3c2cc(C)nc(C)c2)C=C1C. The Morgan fingerprint density at radius 2 is 0.933 bits per heavy atom. The zero-order valence-corrected chi connectivity index (χ0v) is 34.7. The standard InChI is InChI=1S/C55H47N3O2/c1-6-40-27-36(2)28-45(29-37(40)3)57-51-32-47(41-19-11-7-12-20-41)49(43-23-15-9-16-24-43)34-53(51)59-55(57)58(46-30-38(4)56-39(5)31-46)52-33-48(42-21-13-8-14-22-42)50(35-54(52)60-55)44-25-17-10-18-26-44/h7-35,40H,6H2,1-5H3. The van der Waals surface area contributed by atoms with Gasteiger partial charge in [-0.05, 0) is 133 Å². The average molecular weight is 782 g/mol. The third-order valence-electron chi connectivity index (χ3n) is 11.9. The molecule has 3 aliphatic rings. The second kappa shape index (κ2) is 14.9. The van der Waals surface area contributed by atoms with Gasteiger partial charge in [0, 0.05) is 11.4 Å². The molecule has 0 bridgehead atoms. The van der Waals surface area contributed by atoms with Gasteiger partial charge in [0.15, 0.2) is 11.5 Å². The molecule has 5 nitrogen and oxygen atoms in total. The molecule has 294 valence electrons. The molecule has 1 spiro atoms. The highest BCUT2D eigenvalue weighted by Gasteiger charge is 2.61. The van der Waals surface area contributed by atoms with E-state index in [0.717, 1.165) is 96.6 Å². The maximum absolute atomic E-state index is 7.58. The molecule has 2 aliphatic heterocycles. The van der Waals surface area contributed by atoms with Gasteiger partial charge < -0.3 is 9.47 Å². The number of pyridine rings is 1. The zero-order chi connectivity index (χ0) is 41.0. The highest BCUT2D eigenvalue weighted by atomic mass is 16.8. The second-order valence-electron chi connectivity index (χ2n) is 16.1. The van der Waals surface area contributed by atoms with Gasteiger partial charge in [0.05, 0.1) is 22.8 Å². The van der Waals surface area contributed by atoms with Crippen LogP contribution >= 0.6 is 0 Å². The summed E-state index contributed by atoms with van der Waals surface area (Å²) in [6.07, 6.45) is 8.00. The molecule has 0 amide bonds. The first-order valence-corrected chi connectivity index (χ1v) is 20.9. The van der Waals surface area contributed by atoms with Gasteiger partial charge >= 0.3 is 6.03 Å². The first kappa shape index (κ1) is 37.2. The molecule has 0 N–H and O–H groups in total. The summed E-state index contributed by atoms with van der Waals surface area (Å²) in [6, 6.07) is 54.2. The molecule has 2 unspecified atom stereocenters. The van der Waals surface area contributed by atoms with E-state index in [1.807, 2.05) is 13.8 Å². The number of hydrogen-bond donors (Lipinski definition) is 0. The van der Waals surface area contributed by atoms with Gasteiger partial charge in [-0.2, -0.15) is 0 Å². The van der Waals surface area contributed by atoms with Crippen LogP contribution < -0.4 is 19.3 Å². The normalized spacial score (nSPS) is 17.9. The van der Waals surface area contributed by atoms with Crippen LogP contribution in [0.3, 0.4) is 0 Å². The number of allylic oxidation sites excluding steroid dienone is 5. The molecule has 1 aliphatic carbocycles. The van der Waals surface area contributed by atoms with Gasteiger partial charge in [-0.1, -0.05) is 145 Å². The van der Waals surface area contributed by atoms with Crippen molar-refractivity contribution in [3.63, 3.8) is 0 Å². The summed E-state index contributed by atoms with van der Waals surface area (Å²) >= 11 is 0. The Morgan fingerprint density at radius 1 is 0.517 bits per heavy atom. The van der Waals surface area contributed by atoms with E-state index in [9.17, 15) is 0 Å². The van der Waals surface area contributed by atoms with Gasteiger partial charge in [-0.3, -0.25) is 4.98 Å². The monoisotopic (exact) mass is 781 g/mol. The van der Waals surface area contributed by atoms with Crippen LogP contribution in [0.5, 0.6) is 11.5 Å². The van der Waals surface area contributed by atoms with Crippen molar-refractivity contribution in [1.29, 1.82) is 0 Å². The van der Waals surface area contributed by atoms with Gasteiger partial charge in [-0.25, -0.2) is 9.80 Å². The molecule has 60 heavy (non-hydrogen) atoms. The molecular formula is C55H47N3O2. The van der Waals surface area contributed by atoms with Gasteiger partial charge in [0.25, 0.3) is 0 Å². The van der Waals surface area contributed by atoms with Gasteiger partial charge in [0.1, 0.15) is 0 Å². The average Bonchev–Trinajstić information content (AvgIpc) is 3.71. The van der Waals surface area contributed by atoms with Crippen molar-refractivity contribution in [1.82, 2.24) is 4.98 Å². The number of rotatable bonds is 7. The number of hydrogen-bond acceptors (Lipinski definition) is 5. The minimum Gasteiger partial charge on any atom is -0.415 e. The largest absolute Gasteiger partial charge is 0.444 e. The molecule has 1 aromatic heterocycles. The van der Waals surface area contributed by atoms with Crippen molar-refractivity contribution in [2.24, 2.45) is 5.92 Å². The first-order chi connectivity index (χ1) is 29.3. The summed E-state index contributed by atoms with van der Waals surface area (Å²) in [6.45, 7) is 10.8. The van der Waals surface area contributed by atoms with Crippen LogP contribution in [0.4, 0.5) is 17.1 Å².